The number of carbonyl (C=O) groups excluding carboxylic acids is 3. The van der Waals surface area contributed by atoms with Crippen molar-refractivity contribution in [2.24, 2.45) is 5.92 Å². The number of carbonyl (C=O) groups is 3. The molecule has 2 aromatic carbocycles. The number of amides is 3. The van der Waals surface area contributed by atoms with Gasteiger partial charge in [-0.05, 0) is 36.0 Å². The Labute approximate surface area is 217 Å². The number of fused-ring (bicyclic) bond motifs is 2. The van der Waals surface area contributed by atoms with Crippen molar-refractivity contribution >= 4 is 23.6 Å². The summed E-state index contributed by atoms with van der Waals surface area (Å²) in [6.07, 6.45) is -1.34. The number of hydrogen-bond acceptors (Lipinski definition) is 6. The minimum Gasteiger partial charge on any atom is -0.445 e. The molecule has 1 saturated heterocycles. The molecule has 0 aliphatic carbocycles. The molecule has 0 aromatic heterocycles. The normalized spacial score (nSPS) is 22.1. The van der Waals surface area contributed by atoms with Crippen LogP contribution in [-0.2, 0) is 26.3 Å². The fraction of sp³-hybridized carbons (Fsp3) is 0.464. The fourth-order valence-electron chi connectivity index (χ4n) is 5.39. The van der Waals surface area contributed by atoms with Crippen LogP contribution in [0.5, 0.6) is 0 Å². The van der Waals surface area contributed by atoms with Gasteiger partial charge in [0.2, 0.25) is 11.8 Å². The number of likely N-dealkylation sites (tertiary alicyclic amines) is 1. The highest BCUT2D eigenvalue weighted by atomic mass is 16.6. The van der Waals surface area contributed by atoms with Crippen molar-refractivity contribution in [2.45, 2.75) is 56.9 Å². The topological polar surface area (TPSA) is 119 Å². The van der Waals surface area contributed by atoms with Crippen LogP contribution in [0.2, 0.25) is 0 Å². The zero-order valence-electron chi connectivity index (χ0n) is 21.5. The summed E-state index contributed by atoms with van der Waals surface area (Å²) < 4.78 is 5.48. The molecule has 2 aromatic rings. The molecule has 1 spiro atoms. The lowest BCUT2D eigenvalue weighted by Crippen LogP contribution is -2.54. The summed E-state index contributed by atoms with van der Waals surface area (Å²) in [5.74, 6) is -0.554. The molecular weight excluding hydrogens is 474 g/mol. The average molecular weight is 510 g/mol. The van der Waals surface area contributed by atoms with Gasteiger partial charge in [-0.1, -0.05) is 62.4 Å². The molecule has 4 atom stereocenters. The van der Waals surface area contributed by atoms with E-state index in [1.807, 2.05) is 68.4 Å². The van der Waals surface area contributed by atoms with E-state index in [2.05, 4.69) is 5.32 Å². The summed E-state index contributed by atoms with van der Waals surface area (Å²) in [7, 11) is 1.53. The second-order valence-electron chi connectivity index (χ2n) is 10.4. The molecule has 37 heavy (non-hydrogen) atoms. The Balaban J connectivity index is 1.60. The minimum atomic E-state index is -1.24. The summed E-state index contributed by atoms with van der Waals surface area (Å²) >= 11 is 0. The Morgan fingerprint density at radius 1 is 1.16 bits per heavy atom. The largest absolute Gasteiger partial charge is 0.445 e. The van der Waals surface area contributed by atoms with Gasteiger partial charge < -0.3 is 25.2 Å². The number of anilines is 1. The lowest BCUT2D eigenvalue weighted by Gasteiger charge is -2.35. The molecule has 1 unspecified atom stereocenters. The van der Waals surface area contributed by atoms with Gasteiger partial charge in [0, 0.05) is 19.3 Å². The van der Waals surface area contributed by atoms with Gasteiger partial charge in [-0.25, -0.2) is 4.79 Å². The van der Waals surface area contributed by atoms with Gasteiger partial charge in [0.05, 0.1) is 24.2 Å². The molecule has 198 valence electrons. The number of rotatable bonds is 8. The first-order valence-electron chi connectivity index (χ1n) is 12.6. The van der Waals surface area contributed by atoms with Crippen LogP contribution in [0.25, 0.3) is 0 Å². The number of aliphatic hydroxyl groups is 2. The molecular formula is C28H35N3O6. The summed E-state index contributed by atoms with van der Waals surface area (Å²) in [4.78, 5) is 43.0. The average Bonchev–Trinajstić information content (AvgIpc) is 3.43. The number of hydrogen-bond donors (Lipinski definition) is 3. The Morgan fingerprint density at radius 2 is 1.84 bits per heavy atom. The SMILES string of the molecule is CC(C)C[C@@H](C(=O)N1C[C@]2(C[C@H]1C(O)CO)C(=O)Nc1ccccc12)N(C)C(=O)OCc1ccccc1. The second-order valence-corrected chi connectivity index (χ2v) is 10.4. The summed E-state index contributed by atoms with van der Waals surface area (Å²) in [6, 6.07) is 14.9. The van der Waals surface area contributed by atoms with E-state index in [0.29, 0.717) is 12.1 Å². The van der Waals surface area contributed by atoms with E-state index in [1.54, 1.807) is 0 Å². The smallest absolute Gasteiger partial charge is 0.410 e. The third-order valence-electron chi connectivity index (χ3n) is 7.38. The van der Waals surface area contributed by atoms with Crippen LogP contribution in [0.15, 0.2) is 54.6 Å². The van der Waals surface area contributed by atoms with E-state index in [4.69, 9.17) is 4.74 Å². The molecule has 4 rings (SSSR count). The highest BCUT2D eigenvalue weighted by Gasteiger charge is 2.57. The van der Waals surface area contributed by atoms with Crippen molar-refractivity contribution in [3.63, 3.8) is 0 Å². The number of benzene rings is 2. The highest BCUT2D eigenvalue weighted by Crippen LogP contribution is 2.47. The number of nitrogens with zero attached hydrogens (tertiary/aromatic N) is 2. The van der Waals surface area contributed by atoms with Gasteiger partial charge in [0.1, 0.15) is 12.6 Å². The predicted octanol–water partition coefficient (Wildman–Crippen LogP) is 2.51. The number of aliphatic hydroxyl groups excluding tert-OH is 2. The Kier molecular flexibility index (Phi) is 7.85. The number of likely N-dealkylation sites (N-methyl/N-ethyl adjacent to an activating group) is 1. The van der Waals surface area contributed by atoms with Gasteiger partial charge in [-0.15, -0.1) is 0 Å². The van der Waals surface area contributed by atoms with Gasteiger partial charge in [0.15, 0.2) is 0 Å². The van der Waals surface area contributed by atoms with Crippen molar-refractivity contribution in [3.05, 3.63) is 65.7 Å². The van der Waals surface area contributed by atoms with Crippen molar-refractivity contribution < 1.29 is 29.3 Å². The molecule has 0 radical (unpaired) electrons. The standard InChI is InChI=1S/C28H35N3O6/c1-18(2)13-22(30(3)27(36)37-16-19-9-5-4-6-10-19)25(34)31-17-28(14-23(31)24(33)15-32)20-11-7-8-12-21(20)29-26(28)35/h4-12,18,22-24,32-33H,13-17H2,1-3H3,(H,29,35)/t22-,23-,24?,28-/m0/s1. The molecule has 9 nitrogen and oxygen atoms in total. The zero-order chi connectivity index (χ0) is 26.7. The molecule has 3 N–H and O–H groups in total. The van der Waals surface area contributed by atoms with Crippen LogP contribution < -0.4 is 5.32 Å². The quantitative estimate of drug-likeness (QED) is 0.503. The maximum atomic E-state index is 14.0. The first-order chi connectivity index (χ1) is 17.7. The van der Waals surface area contributed by atoms with Gasteiger partial charge >= 0.3 is 6.09 Å². The molecule has 9 heteroatoms. The minimum absolute atomic E-state index is 0.0396. The maximum absolute atomic E-state index is 14.0. The fourth-order valence-corrected chi connectivity index (χ4v) is 5.39. The van der Waals surface area contributed by atoms with E-state index in [-0.39, 0.29) is 37.3 Å². The van der Waals surface area contributed by atoms with E-state index in [9.17, 15) is 24.6 Å². The number of ether oxygens (including phenoxy) is 1. The van der Waals surface area contributed by atoms with Gasteiger partial charge in [-0.2, -0.15) is 0 Å². The Morgan fingerprint density at radius 3 is 2.51 bits per heavy atom. The molecule has 2 aliphatic heterocycles. The van der Waals surface area contributed by atoms with E-state index in [0.717, 1.165) is 11.1 Å². The van der Waals surface area contributed by atoms with Crippen LogP contribution in [0, 0.1) is 5.92 Å². The van der Waals surface area contributed by atoms with Gasteiger partial charge in [0.25, 0.3) is 0 Å². The Bertz CT molecular complexity index is 1140. The zero-order valence-corrected chi connectivity index (χ0v) is 21.5. The van der Waals surface area contributed by atoms with Crippen LogP contribution in [-0.4, -0.2) is 76.3 Å². The third-order valence-corrected chi connectivity index (χ3v) is 7.38. The van der Waals surface area contributed by atoms with Crippen LogP contribution in [0.4, 0.5) is 10.5 Å². The van der Waals surface area contributed by atoms with E-state index >= 15 is 0 Å². The third kappa shape index (κ3) is 5.19. The molecule has 2 heterocycles. The molecule has 1 fully saturated rings. The number of para-hydroxylation sites is 1. The maximum Gasteiger partial charge on any atom is 0.410 e. The van der Waals surface area contributed by atoms with Crippen LogP contribution in [0.3, 0.4) is 0 Å². The first-order valence-corrected chi connectivity index (χ1v) is 12.6. The monoisotopic (exact) mass is 509 g/mol. The summed E-state index contributed by atoms with van der Waals surface area (Å²) in [6.45, 7) is 3.46. The van der Waals surface area contributed by atoms with Crippen LogP contribution >= 0.6 is 0 Å². The van der Waals surface area contributed by atoms with Crippen molar-refractivity contribution in [3.8, 4) is 0 Å². The van der Waals surface area contributed by atoms with Crippen molar-refractivity contribution in [1.29, 1.82) is 0 Å². The van der Waals surface area contributed by atoms with E-state index < -0.39 is 36.3 Å². The predicted molar refractivity (Wildman–Crippen MR) is 138 cm³/mol. The second kappa shape index (κ2) is 10.9. The molecule has 3 amide bonds. The van der Waals surface area contributed by atoms with Gasteiger partial charge in [-0.3, -0.25) is 14.5 Å². The first kappa shape index (κ1) is 26.6. The summed E-state index contributed by atoms with van der Waals surface area (Å²) in [5.41, 5.74) is 1.23. The Hall–Kier alpha value is -3.43. The highest BCUT2D eigenvalue weighted by molar-refractivity contribution is 6.07. The van der Waals surface area contributed by atoms with Crippen molar-refractivity contribution in [1.82, 2.24) is 9.80 Å². The lowest BCUT2D eigenvalue weighted by atomic mass is 9.79. The lowest BCUT2D eigenvalue weighted by molar-refractivity contribution is -0.140. The summed E-state index contributed by atoms with van der Waals surface area (Å²) in [5, 5.41) is 23.4. The molecule has 2 aliphatic rings. The van der Waals surface area contributed by atoms with Crippen molar-refractivity contribution in [2.75, 3.05) is 25.5 Å². The van der Waals surface area contributed by atoms with Crippen LogP contribution in [0.1, 0.15) is 37.8 Å². The molecule has 0 bridgehead atoms. The van der Waals surface area contributed by atoms with E-state index in [1.165, 1.54) is 16.8 Å². The number of nitrogens with one attached hydrogen (secondary N) is 1. The molecule has 0 saturated carbocycles.